The lowest BCUT2D eigenvalue weighted by Gasteiger charge is -2.05. The van der Waals surface area contributed by atoms with Crippen LogP contribution in [0.4, 0.5) is 0 Å². The quantitative estimate of drug-likeness (QED) is 0.748. The molecule has 0 bridgehead atoms. The minimum Gasteiger partial charge on any atom is -0.477 e. The normalized spacial score (nSPS) is 10.5. The van der Waals surface area contributed by atoms with Crippen LogP contribution >= 0.6 is 0 Å². The van der Waals surface area contributed by atoms with Crippen LogP contribution in [0, 0.1) is 6.92 Å². The lowest BCUT2D eigenvalue weighted by atomic mass is 10.2. The van der Waals surface area contributed by atoms with Gasteiger partial charge < -0.3 is 15.0 Å². The zero-order valence-electron chi connectivity index (χ0n) is 8.79. The fourth-order valence-corrected chi connectivity index (χ4v) is 1.61. The largest absolute Gasteiger partial charge is 0.477 e. The number of carboxylic acid groups (broad SMARTS) is 1. The highest BCUT2D eigenvalue weighted by atomic mass is 16.4. The van der Waals surface area contributed by atoms with Gasteiger partial charge in [0.2, 0.25) is 0 Å². The Kier molecular flexibility index (Phi) is 3.30. The summed E-state index contributed by atoms with van der Waals surface area (Å²) in [6, 6.07) is 1.72. The maximum Gasteiger partial charge on any atom is 0.352 e. The fraction of sp³-hybridized carbons (Fsp3) is 0.500. The third-order valence-electron chi connectivity index (χ3n) is 2.41. The molecule has 0 saturated heterocycles. The van der Waals surface area contributed by atoms with Crippen molar-refractivity contribution in [1.82, 2.24) is 9.88 Å². The van der Waals surface area contributed by atoms with E-state index in [9.17, 15) is 4.79 Å². The van der Waals surface area contributed by atoms with Gasteiger partial charge in [0.1, 0.15) is 5.69 Å². The first-order chi connectivity index (χ1) is 6.57. The van der Waals surface area contributed by atoms with Gasteiger partial charge in [-0.05, 0) is 25.6 Å². The van der Waals surface area contributed by atoms with E-state index in [1.54, 1.807) is 17.7 Å². The summed E-state index contributed by atoms with van der Waals surface area (Å²) in [6.45, 7) is 2.80. The highest BCUT2D eigenvalue weighted by molar-refractivity contribution is 5.86. The first kappa shape index (κ1) is 10.8. The maximum atomic E-state index is 10.8. The molecule has 0 aromatic carbocycles. The van der Waals surface area contributed by atoms with Gasteiger partial charge in [-0.2, -0.15) is 0 Å². The van der Waals surface area contributed by atoms with Crippen molar-refractivity contribution >= 4 is 5.97 Å². The van der Waals surface area contributed by atoms with Crippen LogP contribution in [0.1, 0.15) is 21.7 Å². The van der Waals surface area contributed by atoms with E-state index in [0.29, 0.717) is 5.69 Å². The van der Waals surface area contributed by atoms with E-state index in [1.165, 1.54) is 0 Å². The Morgan fingerprint density at radius 2 is 2.29 bits per heavy atom. The van der Waals surface area contributed by atoms with Crippen LogP contribution < -0.4 is 5.32 Å². The van der Waals surface area contributed by atoms with Crippen LogP contribution in [-0.4, -0.2) is 29.2 Å². The van der Waals surface area contributed by atoms with Crippen molar-refractivity contribution in [3.8, 4) is 0 Å². The Balaban J connectivity index is 2.99. The van der Waals surface area contributed by atoms with E-state index < -0.39 is 5.97 Å². The summed E-state index contributed by atoms with van der Waals surface area (Å²) in [7, 11) is 3.68. The van der Waals surface area contributed by atoms with Crippen LogP contribution in [0.25, 0.3) is 0 Å². The van der Waals surface area contributed by atoms with Crippen molar-refractivity contribution < 1.29 is 9.90 Å². The molecule has 78 valence electrons. The van der Waals surface area contributed by atoms with Crippen LogP contribution in [-0.2, 0) is 13.5 Å². The van der Waals surface area contributed by atoms with Crippen LogP contribution in [0.5, 0.6) is 0 Å². The molecular formula is C10H16N2O2. The molecule has 1 aromatic heterocycles. The predicted molar refractivity (Wildman–Crippen MR) is 54.7 cm³/mol. The number of aryl methyl sites for hydroxylation is 1. The molecule has 0 amide bonds. The molecule has 1 rings (SSSR count). The molecule has 2 N–H and O–H groups in total. The van der Waals surface area contributed by atoms with Gasteiger partial charge in [-0.15, -0.1) is 0 Å². The Morgan fingerprint density at radius 1 is 1.64 bits per heavy atom. The van der Waals surface area contributed by atoms with Gasteiger partial charge in [0.05, 0.1) is 0 Å². The zero-order chi connectivity index (χ0) is 10.7. The Hall–Kier alpha value is -1.29. The highest BCUT2D eigenvalue weighted by Crippen LogP contribution is 2.14. The number of rotatable bonds is 4. The molecule has 0 spiro atoms. The molecule has 0 atom stereocenters. The van der Waals surface area contributed by atoms with Crippen molar-refractivity contribution in [1.29, 1.82) is 0 Å². The summed E-state index contributed by atoms with van der Waals surface area (Å²) < 4.78 is 1.75. The summed E-state index contributed by atoms with van der Waals surface area (Å²) in [5.41, 5.74) is 2.48. The number of carbonyl (C=O) groups is 1. The third-order valence-corrected chi connectivity index (χ3v) is 2.41. The van der Waals surface area contributed by atoms with Gasteiger partial charge in [-0.3, -0.25) is 0 Å². The van der Waals surface area contributed by atoms with Gasteiger partial charge in [-0.25, -0.2) is 4.79 Å². The van der Waals surface area contributed by atoms with Crippen LogP contribution in [0.2, 0.25) is 0 Å². The van der Waals surface area contributed by atoms with Crippen molar-refractivity contribution in [3.05, 3.63) is 23.0 Å². The number of hydrogen-bond acceptors (Lipinski definition) is 2. The molecular weight excluding hydrogens is 180 g/mol. The minimum atomic E-state index is -0.869. The van der Waals surface area contributed by atoms with Gasteiger partial charge in [0, 0.05) is 25.7 Å². The molecule has 0 aliphatic heterocycles. The number of likely N-dealkylation sites (N-methyl/N-ethyl adjacent to an activating group) is 1. The summed E-state index contributed by atoms with van der Waals surface area (Å²) in [6.07, 6.45) is 0.853. The fourth-order valence-electron chi connectivity index (χ4n) is 1.61. The van der Waals surface area contributed by atoms with Crippen molar-refractivity contribution in [2.24, 2.45) is 7.05 Å². The second-order valence-electron chi connectivity index (χ2n) is 3.38. The SMILES string of the molecule is CNCCc1c(C)cc(C(=O)O)n1C. The lowest BCUT2D eigenvalue weighted by Crippen LogP contribution is -2.14. The third kappa shape index (κ3) is 1.96. The van der Waals surface area contributed by atoms with E-state index >= 15 is 0 Å². The van der Waals surface area contributed by atoms with Crippen molar-refractivity contribution in [3.63, 3.8) is 0 Å². The molecule has 0 saturated carbocycles. The average molecular weight is 196 g/mol. The molecule has 0 radical (unpaired) electrons. The summed E-state index contributed by atoms with van der Waals surface area (Å²) in [4.78, 5) is 10.8. The van der Waals surface area contributed by atoms with E-state index in [2.05, 4.69) is 5.32 Å². The molecule has 14 heavy (non-hydrogen) atoms. The number of nitrogens with one attached hydrogen (secondary N) is 1. The first-order valence-electron chi connectivity index (χ1n) is 4.61. The number of nitrogens with zero attached hydrogens (tertiary/aromatic N) is 1. The van der Waals surface area contributed by atoms with Crippen LogP contribution in [0.15, 0.2) is 6.07 Å². The lowest BCUT2D eigenvalue weighted by molar-refractivity contribution is 0.0686. The number of carboxylic acids is 1. The Morgan fingerprint density at radius 3 is 2.71 bits per heavy atom. The Labute approximate surface area is 83.5 Å². The zero-order valence-corrected chi connectivity index (χ0v) is 8.79. The smallest absolute Gasteiger partial charge is 0.352 e. The van der Waals surface area contributed by atoms with E-state index in [0.717, 1.165) is 24.2 Å². The number of aromatic carboxylic acids is 1. The first-order valence-corrected chi connectivity index (χ1v) is 4.61. The van der Waals surface area contributed by atoms with Crippen LogP contribution in [0.3, 0.4) is 0 Å². The maximum absolute atomic E-state index is 10.8. The van der Waals surface area contributed by atoms with E-state index in [1.807, 2.05) is 14.0 Å². The molecule has 0 aliphatic rings. The highest BCUT2D eigenvalue weighted by Gasteiger charge is 2.13. The molecule has 4 nitrogen and oxygen atoms in total. The van der Waals surface area contributed by atoms with Gasteiger partial charge in [-0.1, -0.05) is 0 Å². The van der Waals surface area contributed by atoms with E-state index in [-0.39, 0.29) is 0 Å². The molecule has 0 fully saturated rings. The average Bonchev–Trinajstić information content (AvgIpc) is 2.40. The van der Waals surface area contributed by atoms with Crippen molar-refractivity contribution in [2.45, 2.75) is 13.3 Å². The predicted octanol–water partition coefficient (Wildman–Crippen LogP) is 0.794. The second-order valence-corrected chi connectivity index (χ2v) is 3.38. The molecule has 4 heteroatoms. The van der Waals surface area contributed by atoms with Crippen molar-refractivity contribution in [2.75, 3.05) is 13.6 Å². The molecule has 1 aromatic rings. The number of aromatic nitrogens is 1. The standard InChI is InChI=1S/C10H16N2O2/c1-7-6-9(10(13)14)12(3)8(7)4-5-11-2/h6,11H,4-5H2,1-3H3,(H,13,14). The summed E-state index contributed by atoms with van der Waals surface area (Å²) in [5.74, 6) is -0.869. The van der Waals surface area contributed by atoms with Gasteiger partial charge >= 0.3 is 5.97 Å². The summed E-state index contributed by atoms with van der Waals surface area (Å²) in [5, 5.41) is 11.9. The second kappa shape index (κ2) is 4.28. The van der Waals surface area contributed by atoms with Gasteiger partial charge in [0.15, 0.2) is 0 Å². The molecule has 0 unspecified atom stereocenters. The van der Waals surface area contributed by atoms with E-state index in [4.69, 9.17) is 5.11 Å². The minimum absolute atomic E-state index is 0.355. The molecule has 0 aliphatic carbocycles. The Bertz CT molecular complexity index is 342. The molecule has 1 heterocycles. The number of hydrogen-bond donors (Lipinski definition) is 2. The topological polar surface area (TPSA) is 54.3 Å². The van der Waals surface area contributed by atoms with Gasteiger partial charge in [0.25, 0.3) is 0 Å². The summed E-state index contributed by atoms with van der Waals surface area (Å²) >= 11 is 0. The monoisotopic (exact) mass is 196 g/mol.